The van der Waals surface area contributed by atoms with Crippen LogP contribution in [0.1, 0.15) is 36.5 Å². The van der Waals surface area contributed by atoms with Gasteiger partial charge in [-0.05, 0) is 71.6 Å². The number of nitriles is 1. The number of carbonyl (C=O) groups excluding carboxylic acids is 2. The number of phenolic OH excluding ortho intramolecular Hbond substituents is 1. The molecule has 2 rings (SSSR count). The maximum Gasteiger partial charge on any atom is 0.412 e. The molecule has 4 N–H and O–H groups in total. The minimum atomic E-state index is -0.771. The van der Waals surface area contributed by atoms with Crippen molar-refractivity contribution in [1.82, 2.24) is 5.48 Å². The Hall–Kier alpha value is -2.87. The monoisotopic (exact) mass is 551 g/mol. The summed E-state index contributed by atoms with van der Waals surface area (Å²) in [5, 5.41) is 30.4. The van der Waals surface area contributed by atoms with Crippen LogP contribution in [0.15, 0.2) is 57.5 Å². The average Bonchev–Trinajstić information content (AvgIpc) is 2.75. The number of nitrogens with one attached hydrogen (secondary N) is 2. The normalized spacial score (nSPS) is 11.5. The molecule has 0 saturated heterocycles. The zero-order chi connectivity index (χ0) is 22.8. The first kappa shape index (κ1) is 24.4. The van der Waals surface area contributed by atoms with Crippen LogP contribution >= 0.6 is 31.9 Å². The number of halogens is 2. The molecule has 2 amide bonds. The topological polar surface area (TPSA) is 132 Å². The van der Waals surface area contributed by atoms with Crippen LogP contribution < -0.4 is 10.8 Å². The van der Waals surface area contributed by atoms with Gasteiger partial charge in [-0.2, -0.15) is 5.26 Å². The summed E-state index contributed by atoms with van der Waals surface area (Å²) in [5.74, 6) is -0.683. The third-order valence-corrected chi connectivity index (χ3v) is 5.19. The van der Waals surface area contributed by atoms with Crippen LogP contribution in [0.4, 0.5) is 10.5 Å². The number of nitrogens with zero attached hydrogens (tertiary/aromatic N) is 1. The molecule has 0 spiro atoms. The summed E-state index contributed by atoms with van der Waals surface area (Å²) < 4.78 is 6.71. The maximum atomic E-state index is 12.5. The Morgan fingerprint density at radius 3 is 2.58 bits per heavy atom. The number of hydroxylamine groups is 1. The molecule has 2 aromatic carbocycles. The minimum Gasteiger partial charge on any atom is -0.506 e. The van der Waals surface area contributed by atoms with E-state index in [0.29, 0.717) is 45.0 Å². The standard InChI is InChI=1S/C21H19Br2N3O5/c22-14-10-16(20(28)17(23)11-14)18(4-2-1-3-5-19(27)26-30)31-21(29)25-15-8-6-13(12-24)7-9-15/h3,5-11,18,28,30H,1-2,4H2,(H,25,29)(H,26,27)/b5-3+/t18-/m0/s1. The number of allylic oxidation sites excluding steroid dienone is 1. The van der Waals surface area contributed by atoms with E-state index in [1.54, 1.807) is 42.5 Å². The molecule has 0 heterocycles. The fourth-order valence-electron chi connectivity index (χ4n) is 2.66. The maximum absolute atomic E-state index is 12.5. The van der Waals surface area contributed by atoms with E-state index in [4.69, 9.17) is 15.2 Å². The molecule has 0 aliphatic rings. The number of benzene rings is 2. The van der Waals surface area contributed by atoms with Crippen LogP contribution in [0.3, 0.4) is 0 Å². The molecule has 0 unspecified atom stereocenters. The fourth-order valence-corrected chi connectivity index (χ4v) is 3.92. The van der Waals surface area contributed by atoms with Gasteiger partial charge in [-0.15, -0.1) is 0 Å². The molecule has 0 fully saturated rings. The zero-order valence-electron chi connectivity index (χ0n) is 16.1. The predicted octanol–water partition coefficient (Wildman–Crippen LogP) is 5.31. The SMILES string of the molecule is N#Cc1ccc(NC(=O)O[C@@H](CCC/C=C/C(=O)NO)c2cc(Br)cc(Br)c2O)cc1. The van der Waals surface area contributed by atoms with Crippen molar-refractivity contribution in [2.24, 2.45) is 0 Å². The molecule has 0 bridgehead atoms. The highest BCUT2D eigenvalue weighted by Crippen LogP contribution is 2.38. The molecule has 162 valence electrons. The van der Waals surface area contributed by atoms with E-state index in [1.807, 2.05) is 6.07 Å². The molecule has 8 nitrogen and oxygen atoms in total. The van der Waals surface area contributed by atoms with Gasteiger partial charge in [-0.25, -0.2) is 10.3 Å². The second-order valence-electron chi connectivity index (χ2n) is 6.34. The first-order valence-electron chi connectivity index (χ1n) is 9.10. The summed E-state index contributed by atoms with van der Waals surface area (Å²) in [6, 6.07) is 11.6. The summed E-state index contributed by atoms with van der Waals surface area (Å²) in [7, 11) is 0. The Labute approximate surface area is 195 Å². The summed E-state index contributed by atoms with van der Waals surface area (Å²) in [6.07, 6.45) is 2.67. The van der Waals surface area contributed by atoms with Crippen molar-refractivity contribution in [2.45, 2.75) is 25.4 Å². The number of carbonyl (C=O) groups is 2. The van der Waals surface area contributed by atoms with E-state index >= 15 is 0 Å². The van der Waals surface area contributed by atoms with Crippen molar-refractivity contribution < 1.29 is 24.6 Å². The number of amides is 2. The fraction of sp³-hybridized carbons (Fsp3) is 0.190. The molecular formula is C21H19Br2N3O5. The highest BCUT2D eigenvalue weighted by atomic mass is 79.9. The molecule has 0 radical (unpaired) electrons. The number of phenols is 1. The quantitative estimate of drug-likeness (QED) is 0.152. The minimum absolute atomic E-state index is 0.0467. The molecule has 1 atom stereocenters. The number of unbranched alkanes of at least 4 members (excludes halogenated alkanes) is 1. The van der Waals surface area contributed by atoms with E-state index in [2.05, 4.69) is 37.2 Å². The zero-order valence-corrected chi connectivity index (χ0v) is 19.3. The molecule has 10 heteroatoms. The Morgan fingerprint density at radius 2 is 1.94 bits per heavy atom. The lowest BCUT2D eigenvalue weighted by molar-refractivity contribution is -0.124. The van der Waals surface area contributed by atoms with Crippen molar-refractivity contribution in [3.63, 3.8) is 0 Å². The van der Waals surface area contributed by atoms with Crippen LogP contribution in [-0.4, -0.2) is 22.3 Å². The highest BCUT2D eigenvalue weighted by molar-refractivity contribution is 9.11. The first-order chi connectivity index (χ1) is 14.8. The van der Waals surface area contributed by atoms with Gasteiger partial charge in [0.05, 0.1) is 16.1 Å². The molecule has 31 heavy (non-hydrogen) atoms. The number of hydrogen-bond acceptors (Lipinski definition) is 6. The number of ether oxygens (including phenoxy) is 1. The number of rotatable bonds is 8. The Bertz CT molecular complexity index is 1000. The van der Waals surface area contributed by atoms with Crippen molar-refractivity contribution in [1.29, 1.82) is 5.26 Å². The van der Waals surface area contributed by atoms with Gasteiger partial charge in [0.2, 0.25) is 0 Å². The van der Waals surface area contributed by atoms with E-state index in [0.717, 1.165) is 0 Å². The molecule has 0 aromatic heterocycles. The average molecular weight is 553 g/mol. The highest BCUT2D eigenvalue weighted by Gasteiger charge is 2.22. The van der Waals surface area contributed by atoms with Crippen LogP contribution in [-0.2, 0) is 9.53 Å². The molecule has 0 aliphatic carbocycles. The van der Waals surface area contributed by atoms with Crippen LogP contribution in [0.5, 0.6) is 5.75 Å². The lowest BCUT2D eigenvalue weighted by atomic mass is 10.0. The molecule has 2 aromatic rings. The Balaban J connectivity index is 2.13. The third kappa shape index (κ3) is 7.71. The van der Waals surface area contributed by atoms with E-state index in [9.17, 15) is 14.7 Å². The predicted molar refractivity (Wildman–Crippen MR) is 120 cm³/mol. The molecule has 0 aliphatic heterocycles. The Kier molecular flexibility index (Phi) is 9.52. The Morgan fingerprint density at radius 1 is 1.23 bits per heavy atom. The second kappa shape index (κ2) is 12.1. The number of hydrogen-bond donors (Lipinski definition) is 4. The second-order valence-corrected chi connectivity index (χ2v) is 8.11. The van der Waals surface area contributed by atoms with Crippen molar-refractivity contribution in [3.05, 3.63) is 68.6 Å². The largest absolute Gasteiger partial charge is 0.506 e. The first-order valence-corrected chi connectivity index (χ1v) is 10.7. The van der Waals surface area contributed by atoms with Crippen molar-refractivity contribution >= 4 is 49.5 Å². The smallest absolute Gasteiger partial charge is 0.412 e. The van der Waals surface area contributed by atoms with Crippen LogP contribution in [0.25, 0.3) is 0 Å². The van der Waals surface area contributed by atoms with Crippen molar-refractivity contribution in [3.8, 4) is 11.8 Å². The number of anilines is 1. The van der Waals surface area contributed by atoms with Gasteiger partial charge in [-0.3, -0.25) is 15.3 Å². The lowest BCUT2D eigenvalue weighted by Gasteiger charge is -2.20. The molecular weight excluding hydrogens is 534 g/mol. The van der Waals surface area contributed by atoms with E-state index < -0.39 is 18.1 Å². The summed E-state index contributed by atoms with van der Waals surface area (Å²) in [4.78, 5) is 23.5. The van der Waals surface area contributed by atoms with Crippen molar-refractivity contribution in [2.75, 3.05) is 5.32 Å². The summed E-state index contributed by atoms with van der Waals surface area (Å²) in [5.41, 5.74) is 2.83. The van der Waals surface area contributed by atoms with Gasteiger partial charge in [0.15, 0.2) is 0 Å². The molecule has 0 saturated carbocycles. The van der Waals surface area contributed by atoms with Gasteiger partial charge in [0.25, 0.3) is 5.91 Å². The van der Waals surface area contributed by atoms with Gasteiger partial charge < -0.3 is 9.84 Å². The van der Waals surface area contributed by atoms with Gasteiger partial charge in [0, 0.05) is 21.8 Å². The van der Waals surface area contributed by atoms with Crippen LogP contribution in [0, 0.1) is 11.3 Å². The van der Waals surface area contributed by atoms with Crippen LogP contribution in [0.2, 0.25) is 0 Å². The van der Waals surface area contributed by atoms with E-state index in [1.165, 1.54) is 11.6 Å². The lowest BCUT2D eigenvalue weighted by Crippen LogP contribution is -2.18. The van der Waals surface area contributed by atoms with E-state index in [-0.39, 0.29) is 5.75 Å². The van der Waals surface area contributed by atoms with Gasteiger partial charge >= 0.3 is 6.09 Å². The summed E-state index contributed by atoms with van der Waals surface area (Å²) in [6.45, 7) is 0. The van der Waals surface area contributed by atoms with Gasteiger partial charge in [0.1, 0.15) is 11.9 Å². The third-order valence-electron chi connectivity index (χ3n) is 4.13. The summed E-state index contributed by atoms with van der Waals surface area (Å²) >= 11 is 6.64. The number of aromatic hydroxyl groups is 1. The van der Waals surface area contributed by atoms with Gasteiger partial charge in [-0.1, -0.05) is 22.0 Å².